The number of hydrogen-bond acceptors (Lipinski definition) is 4. The number of aromatic nitrogens is 2. The molecule has 2 aromatic rings. The standard InChI is InChI=1S/C13H15N3O3/c17-9-4-3-6-15(8-9)12-11(13(18)19)16-7-2-1-5-10(16)14-12/h1-2,5,7,9,17H,3-4,6,8H2,(H,18,19). The van der Waals surface area contributed by atoms with E-state index in [1.807, 2.05) is 11.0 Å². The predicted octanol–water partition coefficient (Wildman–Crippen LogP) is 0.994. The Morgan fingerprint density at radius 1 is 1.42 bits per heavy atom. The van der Waals surface area contributed by atoms with E-state index in [2.05, 4.69) is 4.98 Å². The fraction of sp³-hybridized carbons (Fsp3) is 0.385. The zero-order valence-electron chi connectivity index (χ0n) is 10.4. The van der Waals surface area contributed by atoms with Gasteiger partial charge in [-0.25, -0.2) is 9.78 Å². The lowest BCUT2D eigenvalue weighted by Gasteiger charge is -2.30. The molecule has 1 saturated heterocycles. The molecule has 100 valence electrons. The van der Waals surface area contributed by atoms with Gasteiger partial charge in [0, 0.05) is 19.3 Å². The number of carboxylic acid groups (broad SMARTS) is 1. The van der Waals surface area contributed by atoms with Crippen molar-refractivity contribution < 1.29 is 15.0 Å². The Hall–Kier alpha value is -2.08. The summed E-state index contributed by atoms with van der Waals surface area (Å²) >= 11 is 0. The molecule has 3 rings (SSSR count). The SMILES string of the molecule is O=C(O)c1c(N2CCCC(O)C2)nc2ccccn12. The highest BCUT2D eigenvalue weighted by Gasteiger charge is 2.26. The van der Waals surface area contributed by atoms with Crippen LogP contribution in [0.25, 0.3) is 5.65 Å². The molecule has 2 N–H and O–H groups in total. The van der Waals surface area contributed by atoms with Crippen molar-refractivity contribution in [2.75, 3.05) is 18.0 Å². The van der Waals surface area contributed by atoms with Gasteiger partial charge in [-0.15, -0.1) is 0 Å². The monoisotopic (exact) mass is 261 g/mol. The van der Waals surface area contributed by atoms with Crippen molar-refractivity contribution in [2.45, 2.75) is 18.9 Å². The van der Waals surface area contributed by atoms with Gasteiger partial charge in [0.2, 0.25) is 0 Å². The van der Waals surface area contributed by atoms with Crippen molar-refractivity contribution in [3.8, 4) is 0 Å². The van der Waals surface area contributed by atoms with Gasteiger partial charge in [-0.2, -0.15) is 0 Å². The second kappa shape index (κ2) is 4.55. The summed E-state index contributed by atoms with van der Waals surface area (Å²) in [5.41, 5.74) is 0.764. The van der Waals surface area contributed by atoms with Gasteiger partial charge in [0.1, 0.15) is 5.65 Å². The maximum absolute atomic E-state index is 11.5. The van der Waals surface area contributed by atoms with Crippen LogP contribution in [-0.4, -0.2) is 44.8 Å². The molecule has 0 spiro atoms. The Morgan fingerprint density at radius 3 is 3.00 bits per heavy atom. The van der Waals surface area contributed by atoms with Gasteiger partial charge in [0.05, 0.1) is 6.10 Å². The van der Waals surface area contributed by atoms with Crippen molar-refractivity contribution in [2.24, 2.45) is 0 Å². The van der Waals surface area contributed by atoms with Gasteiger partial charge in [-0.05, 0) is 25.0 Å². The van der Waals surface area contributed by atoms with Gasteiger partial charge >= 0.3 is 5.97 Å². The molecule has 19 heavy (non-hydrogen) atoms. The minimum absolute atomic E-state index is 0.157. The summed E-state index contributed by atoms with van der Waals surface area (Å²) in [5.74, 6) is -0.564. The Balaban J connectivity index is 2.11. The summed E-state index contributed by atoms with van der Waals surface area (Å²) in [6.45, 7) is 1.16. The number of pyridine rings is 1. The van der Waals surface area contributed by atoms with Gasteiger partial charge in [-0.3, -0.25) is 4.40 Å². The third kappa shape index (κ3) is 2.04. The van der Waals surface area contributed by atoms with E-state index in [-0.39, 0.29) is 5.69 Å². The molecule has 6 heteroatoms. The summed E-state index contributed by atoms with van der Waals surface area (Å²) in [5, 5.41) is 19.1. The van der Waals surface area contributed by atoms with E-state index in [1.54, 1.807) is 22.7 Å². The molecule has 0 radical (unpaired) electrons. The molecule has 0 aromatic carbocycles. The van der Waals surface area contributed by atoms with Crippen molar-refractivity contribution in [1.29, 1.82) is 0 Å². The molecular formula is C13H15N3O3. The Morgan fingerprint density at radius 2 is 2.26 bits per heavy atom. The summed E-state index contributed by atoms with van der Waals surface area (Å²) in [6, 6.07) is 5.37. The number of fused-ring (bicyclic) bond motifs is 1. The lowest BCUT2D eigenvalue weighted by atomic mass is 10.1. The fourth-order valence-electron chi connectivity index (χ4n) is 2.55. The zero-order chi connectivity index (χ0) is 13.4. The number of aliphatic hydroxyl groups excluding tert-OH is 1. The van der Waals surface area contributed by atoms with Crippen LogP contribution in [0.5, 0.6) is 0 Å². The number of piperidine rings is 1. The number of hydrogen-bond donors (Lipinski definition) is 2. The number of aromatic carboxylic acids is 1. The Labute approximate surface area is 109 Å². The highest BCUT2D eigenvalue weighted by Crippen LogP contribution is 2.25. The number of rotatable bonds is 2. The van der Waals surface area contributed by atoms with Crippen LogP contribution in [0.4, 0.5) is 5.82 Å². The molecule has 0 aliphatic carbocycles. The van der Waals surface area contributed by atoms with Crippen LogP contribution in [-0.2, 0) is 0 Å². The smallest absolute Gasteiger partial charge is 0.356 e. The first-order valence-electron chi connectivity index (χ1n) is 6.30. The minimum Gasteiger partial charge on any atom is -0.476 e. The van der Waals surface area contributed by atoms with Crippen molar-refractivity contribution in [1.82, 2.24) is 9.38 Å². The topological polar surface area (TPSA) is 78.1 Å². The molecular weight excluding hydrogens is 246 g/mol. The molecule has 0 amide bonds. The number of nitrogens with zero attached hydrogens (tertiary/aromatic N) is 3. The first-order valence-corrected chi connectivity index (χ1v) is 6.30. The predicted molar refractivity (Wildman–Crippen MR) is 69.6 cm³/mol. The molecule has 1 aliphatic rings. The fourth-order valence-corrected chi connectivity index (χ4v) is 2.55. The Bertz CT molecular complexity index is 623. The lowest BCUT2D eigenvalue weighted by molar-refractivity contribution is 0.0689. The zero-order valence-corrected chi connectivity index (χ0v) is 10.4. The summed E-state index contributed by atoms with van der Waals surface area (Å²) in [4.78, 5) is 17.7. The second-order valence-electron chi connectivity index (χ2n) is 4.76. The maximum Gasteiger partial charge on any atom is 0.356 e. The molecule has 2 aromatic heterocycles. The summed E-state index contributed by atoms with van der Waals surface area (Å²) < 4.78 is 1.57. The largest absolute Gasteiger partial charge is 0.476 e. The molecule has 1 unspecified atom stereocenters. The van der Waals surface area contributed by atoms with E-state index >= 15 is 0 Å². The van der Waals surface area contributed by atoms with E-state index in [0.717, 1.165) is 19.4 Å². The van der Waals surface area contributed by atoms with Crippen molar-refractivity contribution in [3.05, 3.63) is 30.1 Å². The number of carboxylic acids is 1. The highest BCUT2D eigenvalue weighted by atomic mass is 16.4. The van der Waals surface area contributed by atoms with E-state index in [4.69, 9.17) is 0 Å². The highest BCUT2D eigenvalue weighted by molar-refractivity contribution is 5.93. The van der Waals surface area contributed by atoms with Crippen LogP contribution in [0.2, 0.25) is 0 Å². The summed E-state index contributed by atoms with van der Waals surface area (Å²) in [6.07, 6.45) is 2.87. The average Bonchev–Trinajstić information content (AvgIpc) is 2.78. The van der Waals surface area contributed by atoms with Crippen LogP contribution in [0.15, 0.2) is 24.4 Å². The minimum atomic E-state index is -1.01. The number of imidazole rings is 1. The molecule has 3 heterocycles. The van der Waals surface area contributed by atoms with E-state index < -0.39 is 12.1 Å². The molecule has 1 atom stereocenters. The quantitative estimate of drug-likeness (QED) is 0.843. The Kier molecular flexibility index (Phi) is 2.87. The molecule has 0 saturated carbocycles. The lowest BCUT2D eigenvalue weighted by Crippen LogP contribution is -2.39. The van der Waals surface area contributed by atoms with E-state index in [1.165, 1.54) is 0 Å². The van der Waals surface area contributed by atoms with Gasteiger partial charge in [-0.1, -0.05) is 6.07 Å². The van der Waals surface area contributed by atoms with Crippen LogP contribution in [0, 0.1) is 0 Å². The third-order valence-electron chi connectivity index (χ3n) is 3.41. The first kappa shape index (κ1) is 12.0. The van der Waals surface area contributed by atoms with Crippen molar-refractivity contribution >= 4 is 17.4 Å². The molecule has 1 aliphatic heterocycles. The van der Waals surface area contributed by atoms with E-state index in [9.17, 15) is 15.0 Å². The van der Waals surface area contributed by atoms with Crippen LogP contribution in [0.3, 0.4) is 0 Å². The second-order valence-corrected chi connectivity index (χ2v) is 4.76. The average molecular weight is 261 g/mol. The normalized spacial score (nSPS) is 19.8. The van der Waals surface area contributed by atoms with Crippen molar-refractivity contribution in [3.63, 3.8) is 0 Å². The van der Waals surface area contributed by atoms with Crippen LogP contribution < -0.4 is 4.90 Å². The first-order chi connectivity index (χ1) is 9.16. The maximum atomic E-state index is 11.5. The number of β-amino-alcohol motifs (C(OH)–C–C–N with tert-alkyl or cyclic N) is 1. The van der Waals surface area contributed by atoms with Gasteiger partial charge in [0.25, 0.3) is 0 Å². The number of carbonyl (C=O) groups is 1. The van der Waals surface area contributed by atoms with Gasteiger partial charge < -0.3 is 15.1 Å². The summed E-state index contributed by atoms with van der Waals surface area (Å²) in [7, 11) is 0. The molecule has 0 bridgehead atoms. The molecule has 6 nitrogen and oxygen atoms in total. The number of aliphatic hydroxyl groups is 1. The van der Waals surface area contributed by atoms with Gasteiger partial charge in [0.15, 0.2) is 11.5 Å². The molecule has 1 fully saturated rings. The third-order valence-corrected chi connectivity index (χ3v) is 3.41. The van der Waals surface area contributed by atoms with Crippen LogP contribution >= 0.6 is 0 Å². The van der Waals surface area contributed by atoms with E-state index in [0.29, 0.717) is 18.0 Å². The number of anilines is 1. The van der Waals surface area contributed by atoms with Crippen LogP contribution in [0.1, 0.15) is 23.3 Å².